The van der Waals surface area contributed by atoms with Gasteiger partial charge in [0.2, 0.25) is 0 Å². The lowest BCUT2D eigenvalue weighted by molar-refractivity contribution is -0.156. The molecule has 0 aliphatic carbocycles. The van der Waals surface area contributed by atoms with Gasteiger partial charge < -0.3 is 15.2 Å². The molecule has 2 unspecified atom stereocenters. The van der Waals surface area contributed by atoms with E-state index in [9.17, 15) is 4.79 Å². The van der Waals surface area contributed by atoms with Crippen molar-refractivity contribution in [3.05, 3.63) is 0 Å². The summed E-state index contributed by atoms with van der Waals surface area (Å²) in [4.78, 5) is 11.6. The first-order valence-electron chi connectivity index (χ1n) is 6.15. The molecule has 4 nitrogen and oxygen atoms in total. The molecule has 0 amide bonds. The van der Waals surface area contributed by atoms with Gasteiger partial charge in [0.1, 0.15) is 0 Å². The molecule has 2 atom stereocenters. The first-order chi connectivity index (χ1) is 7.63. The lowest BCUT2D eigenvalue weighted by Gasteiger charge is -2.12. The van der Waals surface area contributed by atoms with Crippen LogP contribution in [0.2, 0.25) is 0 Å². The van der Waals surface area contributed by atoms with E-state index in [1.165, 1.54) is 0 Å². The molecule has 1 saturated heterocycles. The maximum atomic E-state index is 11.6. The maximum absolute atomic E-state index is 11.6. The van der Waals surface area contributed by atoms with Crippen LogP contribution in [0.3, 0.4) is 0 Å². The zero-order valence-electron chi connectivity index (χ0n) is 10.3. The number of rotatable bonds is 6. The van der Waals surface area contributed by atoms with Gasteiger partial charge in [0.15, 0.2) is 6.10 Å². The summed E-state index contributed by atoms with van der Waals surface area (Å²) in [6, 6.07) is 0. The van der Waals surface area contributed by atoms with Crippen molar-refractivity contribution in [2.24, 2.45) is 11.7 Å². The van der Waals surface area contributed by atoms with Gasteiger partial charge in [0.05, 0.1) is 12.7 Å². The molecule has 94 valence electrons. The van der Waals surface area contributed by atoms with Gasteiger partial charge >= 0.3 is 5.97 Å². The highest BCUT2D eigenvalue weighted by atomic mass is 16.6. The van der Waals surface area contributed by atoms with E-state index in [-0.39, 0.29) is 18.2 Å². The standard InChI is InChI=1S/C12H23NO3/c1-9(2)4-3-7-15-12(14)11-6-5-10(8-13)16-11/h9-11H,3-8,13H2,1-2H3. The summed E-state index contributed by atoms with van der Waals surface area (Å²) in [5.41, 5.74) is 5.47. The maximum Gasteiger partial charge on any atom is 0.335 e. The Morgan fingerprint density at radius 3 is 2.81 bits per heavy atom. The molecule has 0 saturated carbocycles. The van der Waals surface area contributed by atoms with Crippen molar-refractivity contribution >= 4 is 5.97 Å². The minimum absolute atomic E-state index is 0.0354. The first-order valence-corrected chi connectivity index (χ1v) is 6.15. The molecule has 0 aromatic rings. The van der Waals surface area contributed by atoms with Gasteiger partial charge in [-0.2, -0.15) is 0 Å². The third kappa shape index (κ3) is 4.49. The number of carbonyl (C=O) groups excluding carboxylic acids is 1. The van der Waals surface area contributed by atoms with Crippen LogP contribution in [-0.2, 0) is 14.3 Å². The van der Waals surface area contributed by atoms with E-state index < -0.39 is 0 Å². The summed E-state index contributed by atoms with van der Waals surface area (Å²) in [5.74, 6) is 0.433. The number of hydrogen-bond acceptors (Lipinski definition) is 4. The van der Waals surface area contributed by atoms with Crippen LogP contribution in [0.15, 0.2) is 0 Å². The number of esters is 1. The molecule has 1 heterocycles. The Balaban J connectivity index is 2.11. The van der Waals surface area contributed by atoms with Crippen LogP contribution < -0.4 is 5.73 Å². The smallest absolute Gasteiger partial charge is 0.335 e. The van der Waals surface area contributed by atoms with Crippen LogP contribution in [0.4, 0.5) is 0 Å². The van der Waals surface area contributed by atoms with Crippen LogP contribution in [0.25, 0.3) is 0 Å². The number of hydrogen-bond donors (Lipinski definition) is 1. The van der Waals surface area contributed by atoms with Crippen LogP contribution in [0, 0.1) is 5.92 Å². The summed E-state index contributed by atoms with van der Waals surface area (Å²) >= 11 is 0. The van der Waals surface area contributed by atoms with E-state index in [0.29, 0.717) is 19.1 Å². The monoisotopic (exact) mass is 229 g/mol. The molecule has 0 spiro atoms. The van der Waals surface area contributed by atoms with Crippen molar-refractivity contribution in [2.75, 3.05) is 13.2 Å². The predicted octanol–water partition coefficient (Wildman–Crippen LogP) is 1.47. The highest BCUT2D eigenvalue weighted by Crippen LogP contribution is 2.20. The fourth-order valence-corrected chi connectivity index (χ4v) is 1.81. The average molecular weight is 229 g/mol. The van der Waals surface area contributed by atoms with Gasteiger partial charge in [-0.1, -0.05) is 13.8 Å². The second kappa shape index (κ2) is 6.86. The average Bonchev–Trinajstić information content (AvgIpc) is 2.72. The van der Waals surface area contributed by atoms with E-state index in [1.807, 2.05) is 0 Å². The molecule has 1 aliphatic heterocycles. The minimum atomic E-state index is -0.382. The summed E-state index contributed by atoms with van der Waals surface area (Å²) in [7, 11) is 0. The quantitative estimate of drug-likeness (QED) is 0.553. The Hall–Kier alpha value is -0.610. The molecule has 0 bridgehead atoms. The van der Waals surface area contributed by atoms with Crippen molar-refractivity contribution in [1.82, 2.24) is 0 Å². The van der Waals surface area contributed by atoms with Crippen LogP contribution in [0.5, 0.6) is 0 Å². The largest absolute Gasteiger partial charge is 0.464 e. The van der Waals surface area contributed by atoms with Gasteiger partial charge in [0, 0.05) is 6.54 Å². The van der Waals surface area contributed by atoms with E-state index in [4.69, 9.17) is 15.2 Å². The zero-order valence-corrected chi connectivity index (χ0v) is 10.3. The van der Waals surface area contributed by atoms with Crippen molar-refractivity contribution in [2.45, 2.75) is 51.7 Å². The van der Waals surface area contributed by atoms with Crippen molar-refractivity contribution in [1.29, 1.82) is 0 Å². The minimum Gasteiger partial charge on any atom is -0.464 e. The Kier molecular flexibility index (Phi) is 5.77. The third-order valence-corrected chi connectivity index (χ3v) is 2.80. The molecular formula is C12H23NO3. The van der Waals surface area contributed by atoms with Crippen LogP contribution in [0.1, 0.15) is 39.5 Å². The highest BCUT2D eigenvalue weighted by molar-refractivity contribution is 5.74. The molecule has 4 heteroatoms. The molecule has 16 heavy (non-hydrogen) atoms. The fourth-order valence-electron chi connectivity index (χ4n) is 1.81. The lowest BCUT2D eigenvalue weighted by Crippen LogP contribution is -2.26. The normalized spacial score (nSPS) is 25.0. The molecule has 1 fully saturated rings. The Morgan fingerprint density at radius 2 is 2.25 bits per heavy atom. The molecule has 0 aromatic carbocycles. The Morgan fingerprint density at radius 1 is 1.50 bits per heavy atom. The van der Waals surface area contributed by atoms with Crippen LogP contribution >= 0.6 is 0 Å². The van der Waals surface area contributed by atoms with Gasteiger partial charge in [-0.25, -0.2) is 4.79 Å². The number of nitrogens with two attached hydrogens (primary N) is 1. The Labute approximate surface area is 97.5 Å². The van der Waals surface area contributed by atoms with E-state index in [2.05, 4.69) is 13.8 Å². The zero-order chi connectivity index (χ0) is 12.0. The summed E-state index contributed by atoms with van der Waals surface area (Å²) in [5, 5.41) is 0. The SMILES string of the molecule is CC(C)CCCOC(=O)C1CCC(CN)O1. The number of carbonyl (C=O) groups is 1. The van der Waals surface area contributed by atoms with Crippen molar-refractivity contribution < 1.29 is 14.3 Å². The van der Waals surface area contributed by atoms with Crippen molar-refractivity contribution in [3.8, 4) is 0 Å². The summed E-state index contributed by atoms with van der Waals surface area (Å²) in [6.45, 7) is 5.31. The third-order valence-electron chi connectivity index (χ3n) is 2.80. The van der Waals surface area contributed by atoms with Gasteiger partial charge in [-0.05, 0) is 31.6 Å². The van der Waals surface area contributed by atoms with Crippen molar-refractivity contribution in [3.63, 3.8) is 0 Å². The first kappa shape index (κ1) is 13.5. The van der Waals surface area contributed by atoms with E-state index in [1.54, 1.807) is 0 Å². The van der Waals surface area contributed by atoms with Crippen LogP contribution in [-0.4, -0.2) is 31.3 Å². The second-order valence-corrected chi connectivity index (χ2v) is 4.76. The summed E-state index contributed by atoms with van der Waals surface area (Å²) in [6.07, 6.45) is 3.27. The Bertz CT molecular complexity index is 218. The molecule has 0 aromatic heterocycles. The van der Waals surface area contributed by atoms with Gasteiger partial charge in [-0.3, -0.25) is 0 Å². The molecule has 1 rings (SSSR count). The number of ether oxygens (including phenoxy) is 2. The second-order valence-electron chi connectivity index (χ2n) is 4.76. The summed E-state index contributed by atoms with van der Waals surface area (Å²) < 4.78 is 10.6. The predicted molar refractivity (Wildman–Crippen MR) is 62.0 cm³/mol. The van der Waals surface area contributed by atoms with E-state index in [0.717, 1.165) is 25.7 Å². The van der Waals surface area contributed by atoms with Gasteiger partial charge in [-0.15, -0.1) is 0 Å². The van der Waals surface area contributed by atoms with E-state index >= 15 is 0 Å². The topological polar surface area (TPSA) is 61.5 Å². The lowest BCUT2D eigenvalue weighted by atomic mass is 10.1. The van der Waals surface area contributed by atoms with Gasteiger partial charge in [0.25, 0.3) is 0 Å². The fraction of sp³-hybridized carbons (Fsp3) is 0.917. The highest BCUT2D eigenvalue weighted by Gasteiger charge is 2.30. The molecular weight excluding hydrogens is 206 g/mol. The molecule has 0 radical (unpaired) electrons. The molecule has 2 N–H and O–H groups in total. The molecule has 1 aliphatic rings.